The van der Waals surface area contributed by atoms with Crippen LogP contribution in [0.5, 0.6) is 0 Å². The molecule has 6 heteroatoms. The molecular weight excluding hydrogens is 335 g/mol. The Labute approximate surface area is 145 Å². The Morgan fingerprint density at radius 3 is 2.43 bits per heavy atom. The summed E-state index contributed by atoms with van der Waals surface area (Å²) < 4.78 is 5.41. The van der Waals surface area contributed by atoms with Crippen LogP contribution < -0.4 is 0 Å². The average molecular weight is 353 g/mol. The lowest BCUT2D eigenvalue weighted by molar-refractivity contribution is 0.0596. The fourth-order valence-electron chi connectivity index (χ4n) is 2.71. The molecule has 4 nitrogen and oxygen atoms in total. The van der Waals surface area contributed by atoms with Gasteiger partial charge < -0.3 is 9.32 Å². The van der Waals surface area contributed by atoms with Crippen LogP contribution in [0, 0.1) is 6.92 Å². The minimum atomic E-state index is -0.0349. The zero-order chi connectivity index (χ0) is 16.4. The Bertz CT molecular complexity index is 706. The van der Waals surface area contributed by atoms with Crippen LogP contribution in [-0.2, 0) is 6.54 Å². The van der Waals surface area contributed by atoms with Gasteiger partial charge in [0.15, 0.2) is 5.76 Å². The van der Waals surface area contributed by atoms with Crippen molar-refractivity contribution < 1.29 is 9.21 Å². The number of amides is 1. The zero-order valence-electron chi connectivity index (χ0n) is 12.9. The SMILES string of the molecule is Cc1ccc(C(=O)N2CCN(Cc3ccc(Cl)c(Cl)c3)CC2)o1. The van der Waals surface area contributed by atoms with Gasteiger partial charge in [0.1, 0.15) is 5.76 Å². The van der Waals surface area contributed by atoms with E-state index in [-0.39, 0.29) is 5.91 Å². The van der Waals surface area contributed by atoms with Crippen molar-refractivity contribution in [3.63, 3.8) is 0 Å². The van der Waals surface area contributed by atoms with Gasteiger partial charge >= 0.3 is 0 Å². The first-order valence-electron chi connectivity index (χ1n) is 7.55. The first-order chi connectivity index (χ1) is 11.0. The Morgan fingerprint density at radius 1 is 1.09 bits per heavy atom. The van der Waals surface area contributed by atoms with Gasteiger partial charge in [-0.05, 0) is 36.8 Å². The van der Waals surface area contributed by atoms with E-state index in [0.717, 1.165) is 31.0 Å². The van der Waals surface area contributed by atoms with Crippen LogP contribution in [0.15, 0.2) is 34.7 Å². The van der Waals surface area contributed by atoms with Crippen molar-refractivity contribution in [1.29, 1.82) is 0 Å². The second kappa shape index (κ2) is 6.95. The number of nitrogens with zero attached hydrogens (tertiary/aromatic N) is 2. The zero-order valence-corrected chi connectivity index (χ0v) is 14.4. The van der Waals surface area contributed by atoms with E-state index in [9.17, 15) is 4.79 Å². The summed E-state index contributed by atoms with van der Waals surface area (Å²) in [6.07, 6.45) is 0. The van der Waals surface area contributed by atoms with Crippen LogP contribution in [0.2, 0.25) is 10.0 Å². The van der Waals surface area contributed by atoms with Crippen molar-refractivity contribution >= 4 is 29.1 Å². The van der Waals surface area contributed by atoms with Crippen molar-refractivity contribution in [3.05, 3.63) is 57.5 Å². The van der Waals surface area contributed by atoms with E-state index in [4.69, 9.17) is 27.6 Å². The molecule has 1 aliphatic heterocycles. The van der Waals surface area contributed by atoms with Crippen LogP contribution in [0.1, 0.15) is 21.9 Å². The van der Waals surface area contributed by atoms with Crippen molar-refractivity contribution in [2.75, 3.05) is 26.2 Å². The molecule has 2 heterocycles. The molecule has 0 radical (unpaired) electrons. The van der Waals surface area contributed by atoms with E-state index in [0.29, 0.717) is 28.9 Å². The number of furan rings is 1. The summed E-state index contributed by atoms with van der Waals surface area (Å²) in [5, 5.41) is 1.14. The second-order valence-corrected chi connectivity index (χ2v) is 6.54. The number of hydrogen-bond donors (Lipinski definition) is 0. The maximum absolute atomic E-state index is 12.3. The highest BCUT2D eigenvalue weighted by Gasteiger charge is 2.24. The Balaban J connectivity index is 1.56. The fourth-order valence-corrected chi connectivity index (χ4v) is 3.03. The summed E-state index contributed by atoms with van der Waals surface area (Å²) in [7, 11) is 0. The third kappa shape index (κ3) is 3.89. The molecule has 23 heavy (non-hydrogen) atoms. The van der Waals surface area contributed by atoms with Crippen LogP contribution in [0.25, 0.3) is 0 Å². The lowest BCUT2D eigenvalue weighted by Crippen LogP contribution is -2.48. The Hall–Kier alpha value is -1.49. The normalized spacial score (nSPS) is 15.9. The van der Waals surface area contributed by atoms with E-state index in [1.54, 1.807) is 6.07 Å². The number of benzene rings is 1. The monoisotopic (exact) mass is 352 g/mol. The first-order valence-corrected chi connectivity index (χ1v) is 8.30. The summed E-state index contributed by atoms with van der Waals surface area (Å²) in [5.41, 5.74) is 1.13. The molecule has 0 spiro atoms. The van der Waals surface area contributed by atoms with Gasteiger partial charge in [0, 0.05) is 32.7 Å². The summed E-state index contributed by atoms with van der Waals surface area (Å²) in [5.74, 6) is 1.14. The molecule has 0 aliphatic carbocycles. The van der Waals surface area contributed by atoms with Gasteiger partial charge in [0.05, 0.1) is 10.0 Å². The molecule has 1 fully saturated rings. The number of carbonyl (C=O) groups is 1. The molecule has 3 rings (SSSR count). The summed E-state index contributed by atoms with van der Waals surface area (Å²) in [6.45, 7) is 5.68. The van der Waals surface area contributed by atoms with E-state index >= 15 is 0 Å². The van der Waals surface area contributed by atoms with Gasteiger partial charge in [-0.1, -0.05) is 29.3 Å². The molecule has 1 amide bonds. The quantitative estimate of drug-likeness (QED) is 0.841. The maximum Gasteiger partial charge on any atom is 0.289 e. The molecule has 0 saturated carbocycles. The average Bonchev–Trinajstić information content (AvgIpc) is 2.97. The van der Waals surface area contributed by atoms with Crippen molar-refractivity contribution in [2.24, 2.45) is 0 Å². The number of hydrogen-bond acceptors (Lipinski definition) is 3. The lowest BCUT2D eigenvalue weighted by atomic mass is 10.2. The predicted octanol–water partition coefficient (Wildman–Crippen LogP) is 3.85. The molecule has 1 aromatic heterocycles. The summed E-state index contributed by atoms with van der Waals surface area (Å²) >= 11 is 12.0. The van der Waals surface area contributed by atoms with Gasteiger partial charge in [-0.15, -0.1) is 0 Å². The maximum atomic E-state index is 12.3. The van der Waals surface area contributed by atoms with E-state index in [2.05, 4.69) is 4.90 Å². The van der Waals surface area contributed by atoms with Gasteiger partial charge in [-0.3, -0.25) is 9.69 Å². The number of carbonyl (C=O) groups excluding carboxylic acids is 1. The number of halogens is 2. The highest BCUT2D eigenvalue weighted by Crippen LogP contribution is 2.23. The Kier molecular flexibility index (Phi) is 4.95. The minimum Gasteiger partial charge on any atom is -0.456 e. The Morgan fingerprint density at radius 2 is 1.83 bits per heavy atom. The summed E-state index contributed by atoms with van der Waals surface area (Å²) in [4.78, 5) is 16.5. The van der Waals surface area contributed by atoms with Gasteiger partial charge in [0.2, 0.25) is 0 Å². The number of aryl methyl sites for hydroxylation is 1. The largest absolute Gasteiger partial charge is 0.456 e. The van der Waals surface area contributed by atoms with Crippen molar-refractivity contribution in [3.8, 4) is 0 Å². The standard InChI is InChI=1S/C17H18Cl2N2O2/c1-12-2-5-16(23-12)17(22)21-8-6-20(7-9-21)11-13-3-4-14(18)15(19)10-13/h2-5,10H,6-9,11H2,1H3. The van der Waals surface area contributed by atoms with Crippen LogP contribution in [0.3, 0.4) is 0 Å². The van der Waals surface area contributed by atoms with Crippen molar-refractivity contribution in [1.82, 2.24) is 9.80 Å². The molecule has 1 saturated heterocycles. The number of piperazine rings is 1. The third-order valence-electron chi connectivity index (χ3n) is 4.00. The fraction of sp³-hybridized carbons (Fsp3) is 0.353. The summed E-state index contributed by atoms with van der Waals surface area (Å²) in [6, 6.07) is 9.25. The van der Waals surface area contributed by atoms with Gasteiger partial charge in [-0.2, -0.15) is 0 Å². The van der Waals surface area contributed by atoms with Crippen molar-refractivity contribution in [2.45, 2.75) is 13.5 Å². The van der Waals surface area contributed by atoms with Gasteiger partial charge in [-0.25, -0.2) is 0 Å². The predicted molar refractivity (Wildman–Crippen MR) is 91.1 cm³/mol. The molecule has 0 N–H and O–H groups in total. The topological polar surface area (TPSA) is 36.7 Å². The van der Waals surface area contributed by atoms with Crippen LogP contribution in [-0.4, -0.2) is 41.9 Å². The molecule has 0 unspecified atom stereocenters. The molecule has 0 atom stereocenters. The smallest absolute Gasteiger partial charge is 0.289 e. The third-order valence-corrected chi connectivity index (χ3v) is 4.74. The van der Waals surface area contributed by atoms with Gasteiger partial charge in [0.25, 0.3) is 5.91 Å². The van der Waals surface area contributed by atoms with Crippen LogP contribution in [0.4, 0.5) is 0 Å². The molecule has 2 aromatic rings. The molecule has 1 aromatic carbocycles. The molecule has 1 aliphatic rings. The highest BCUT2D eigenvalue weighted by molar-refractivity contribution is 6.42. The second-order valence-electron chi connectivity index (χ2n) is 5.73. The lowest BCUT2D eigenvalue weighted by Gasteiger charge is -2.34. The minimum absolute atomic E-state index is 0.0349. The molecular formula is C17H18Cl2N2O2. The first kappa shape index (κ1) is 16.4. The van der Waals surface area contributed by atoms with Crippen LogP contribution >= 0.6 is 23.2 Å². The van der Waals surface area contributed by atoms with E-state index in [1.807, 2.05) is 36.1 Å². The molecule has 122 valence electrons. The number of rotatable bonds is 3. The highest BCUT2D eigenvalue weighted by atomic mass is 35.5. The molecule has 0 bridgehead atoms. The van der Waals surface area contributed by atoms with E-state index in [1.165, 1.54) is 0 Å². The van der Waals surface area contributed by atoms with E-state index < -0.39 is 0 Å².